The minimum Gasteiger partial charge on any atom is -0.373 e. The Morgan fingerprint density at radius 2 is 2.12 bits per heavy atom. The van der Waals surface area contributed by atoms with E-state index in [1.807, 2.05) is 6.20 Å². The first-order chi connectivity index (χ1) is 11.7. The Morgan fingerprint density at radius 3 is 2.92 bits per heavy atom. The minimum absolute atomic E-state index is 0.288. The zero-order chi connectivity index (χ0) is 16.6. The van der Waals surface area contributed by atoms with Crippen LogP contribution in [0, 0.1) is 17.3 Å². The molecule has 0 bridgehead atoms. The number of aromatic amines is 1. The number of nitrogens with zero attached hydrogens (tertiary/aromatic N) is 1. The molecule has 4 nitrogen and oxygen atoms in total. The van der Waals surface area contributed by atoms with Gasteiger partial charge in [-0.25, -0.2) is 4.99 Å². The molecule has 2 N–H and O–H groups in total. The van der Waals surface area contributed by atoms with Crippen LogP contribution in [0.4, 0.5) is 5.82 Å². The van der Waals surface area contributed by atoms with Crippen LogP contribution in [0.25, 0.3) is 5.57 Å². The number of carbonyl (C=O) groups excluding carboxylic acids is 1. The van der Waals surface area contributed by atoms with Gasteiger partial charge >= 0.3 is 0 Å². The van der Waals surface area contributed by atoms with Crippen LogP contribution in [0.3, 0.4) is 0 Å². The third kappa shape index (κ3) is 2.83. The maximum atomic E-state index is 12.2. The van der Waals surface area contributed by atoms with Gasteiger partial charge < -0.3 is 10.3 Å². The summed E-state index contributed by atoms with van der Waals surface area (Å²) in [6.45, 7) is 2.62. The summed E-state index contributed by atoms with van der Waals surface area (Å²) in [4.78, 5) is 19.9. The second kappa shape index (κ2) is 6.23. The Labute approximate surface area is 143 Å². The number of hydrogen-bond acceptors (Lipinski definition) is 3. The largest absolute Gasteiger partial charge is 0.373 e. The van der Waals surface area contributed by atoms with Crippen molar-refractivity contribution in [2.75, 3.05) is 6.54 Å². The molecule has 0 saturated heterocycles. The summed E-state index contributed by atoms with van der Waals surface area (Å²) in [7, 11) is 0. The number of carbonyl (C=O) groups is 1. The second-order valence-corrected chi connectivity index (χ2v) is 7.76. The Balaban J connectivity index is 1.58. The van der Waals surface area contributed by atoms with E-state index in [9.17, 15) is 4.79 Å². The van der Waals surface area contributed by atoms with Gasteiger partial charge in [-0.05, 0) is 68.4 Å². The molecule has 24 heavy (non-hydrogen) atoms. The van der Waals surface area contributed by atoms with E-state index < -0.39 is 0 Å². The van der Waals surface area contributed by atoms with E-state index in [0.717, 1.165) is 25.2 Å². The summed E-state index contributed by atoms with van der Waals surface area (Å²) in [5, 5.41) is 3.22. The van der Waals surface area contributed by atoms with Crippen LogP contribution in [-0.4, -0.2) is 23.7 Å². The third-order valence-corrected chi connectivity index (χ3v) is 6.35. The summed E-state index contributed by atoms with van der Waals surface area (Å²) in [6, 6.07) is 2.15. The lowest BCUT2D eigenvalue weighted by atomic mass is 9.72. The van der Waals surface area contributed by atoms with Crippen LogP contribution in [0.15, 0.2) is 23.3 Å². The maximum Gasteiger partial charge on any atom is 0.139 e. The van der Waals surface area contributed by atoms with Gasteiger partial charge in [-0.2, -0.15) is 0 Å². The molecule has 2 aliphatic carbocycles. The molecular formula is C20H27N3O. The first kappa shape index (κ1) is 15.7. The van der Waals surface area contributed by atoms with E-state index in [-0.39, 0.29) is 5.92 Å². The molecule has 1 aromatic heterocycles. The fraction of sp³-hybridized carbons (Fsp3) is 0.600. The monoisotopic (exact) mass is 325 g/mol. The highest BCUT2D eigenvalue weighted by Gasteiger charge is 2.50. The van der Waals surface area contributed by atoms with Crippen LogP contribution < -0.4 is 5.32 Å². The highest BCUT2D eigenvalue weighted by Crippen LogP contribution is 2.59. The van der Waals surface area contributed by atoms with E-state index in [1.165, 1.54) is 43.2 Å². The molecule has 1 aromatic rings. The smallest absolute Gasteiger partial charge is 0.139 e. The van der Waals surface area contributed by atoms with Crippen molar-refractivity contribution in [3.05, 3.63) is 23.9 Å². The summed E-state index contributed by atoms with van der Waals surface area (Å²) in [6.07, 6.45) is 14.5. The Morgan fingerprint density at radius 1 is 1.25 bits per heavy atom. The molecule has 4 heteroatoms. The average molecular weight is 325 g/mol. The van der Waals surface area contributed by atoms with Crippen molar-refractivity contribution >= 4 is 23.5 Å². The second-order valence-electron chi connectivity index (χ2n) is 7.76. The molecule has 3 aliphatic rings. The number of H-pyrrole nitrogens is 1. The van der Waals surface area contributed by atoms with Gasteiger partial charge in [-0.15, -0.1) is 0 Å². The van der Waals surface area contributed by atoms with Gasteiger partial charge in [0.2, 0.25) is 0 Å². The summed E-state index contributed by atoms with van der Waals surface area (Å²) < 4.78 is 0. The van der Waals surface area contributed by atoms with Gasteiger partial charge in [0.25, 0.3) is 0 Å². The topological polar surface area (TPSA) is 57.2 Å². The van der Waals surface area contributed by atoms with Crippen LogP contribution in [0.5, 0.6) is 0 Å². The van der Waals surface area contributed by atoms with Crippen LogP contribution >= 0.6 is 0 Å². The van der Waals surface area contributed by atoms with Gasteiger partial charge in [0.05, 0.1) is 6.34 Å². The molecule has 2 atom stereocenters. The Kier molecular flexibility index (Phi) is 4.07. The number of aliphatic imine (C=N–C) groups is 1. The van der Waals surface area contributed by atoms with Crippen LogP contribution in [0.1, 0.15) is 57.4 Å². The highest BCUT2D eigenvalue weighted by atomic mass is 16.1. The molecule has 2 fully saturated rings. The lowest BCUT2D eigenvalue weighted by Gasteiger charge is -2.32. The van der Waals surface area contributed by atoms with Crippen LogP contribution in [0.2, 0.25) is 0 Å². The molecule has 2 unspecified atom stereocenters. The molecule has 4 rings (SSSR count). The zero-order valence-corrected chi connectivity index (χ0v) is 14.5. The number of rotatable bonds is 2. The minimum atomic E-state index is 0.288. The lowest BCUT2D eigenvalue weighted by molar-refractivity contribution is -0.123. The van der Waals surface area contributed by atoms with Gasteiger partial charge in [-0.1, -0.05) is 12.5 Å². The van der Waals surface area contributed by atoms with Gasteiger partial charge in [0, 0.05) is 24.2 Å². The fourth-order valence-corrected chi connectivity index (χ4v) is 4.93. The van der Waals surface area contributed by atoms with E-state index in [4.69, 9.17) is 0 Å². The maximum absolute atomic E-state index is 12.2. The Hall–Kier alpha value is -1.84. The highest BCUT2D eigenvalue weighted by molar-refractivity contribution is 5.80. The van der Waals surface area contributed by atoms with Crippen molar-refractivity contribution < 1.29 is 4.79 Å². The average Bonchev–Trinajstić information content (AvgIpc) is 3.17. The third-order valence-electron chi connectivity index (χ3n) is 6.35. The van der Waals surface area contributed by atoms with Gasteiger partial charge in [0.15, 0.2) is 0 Å². The van der Waals surface area contributed by atoms with Gasteiger partial charge in [-0.3, -0.25) is 4.79 Å². The molecule has 0 aromatic carbocycles. The number of Topliss-reactive ketones (excluding diaryl/α,β-unsaturated/α-hetero) is 1. The first-order valence-corrected chi connectivity index (χ1v) is 9.34. The van der Waals surface area contributed by atoms with E-state index in [2.05, 4.69) is 27.4 Å². The number of aromatic nitrogens is 1. The molecule has 128 valence electrons. The summed E-state index contributed by atoms with van der Waals surface area (Å²) in [5.41, 5.74) is 3.01. The molecule has 1 aliphatic heterocycles. The van der Waals surface area contributed by atoms with Crippen molar-refractivity contribution in [2.24, 2.45) is 22.2 Å². The summed E-state index contributed by atoms with van der Waals surface area (Å²) in [5.74, 6) is 2.18. The van der Waals surface area contributed by atoms with Crippen LogP contribution in [-0.2, 0) is 4.79 Å². The number of fused-ring (bicyclic) bond motifs is 1. The number of ketones is 1. The van der Waals surface area contributed by atoms with E-state index in [1.54, 1.807) is 13.3 Å². The van der Waals surface area contributed by atoms with Crippen molar-refractivity contribution in [1.82, 2.24) is 10.3 Å². The number of nitrogens with one attached hydrogen (secondary N) is 2. The quantitative estimate of drug-likeness (QED) is 0.855. The molecule has 1 spiro atoms. The molecule has 0 radical (unpaired) electrons. The predicted molar refractivity (Wildman–Crippen MR) is 97.3 cm³/mol. The SMILES string of the molecule is CC(=O)C1CCC(/C2=C/CN/C=N\c3[nH]ccc32)CCCC12CC2. The lowest BCUT2D eigenvalue weighted by Crippen LogP contribution is -2.26. The van der Waals surface area contributed by atoms with Crippen molar-refractivity contribution in [2.45, 2.75) is 51.9 Å². The molecule has 2 heterocycles. The zero-order valence-electron chi connectivity index (χ0n) is 14.5. The van der Waals surface area contributed by atoms with Crippen molar-refractivity contribution in [3.63, 3.8) is 0 Å². The van der Waals surface area contributed by atoms with Gasteiger partial charge in [0.1, 0.15) is 11.6 Å². The normalized spacial score (nSPS) is 32.1. The fourth-order valence-electron chi connectivity index (χ4n) is 4.93. The van der Waals surface area contributed by atoms with Crippen molar-refractivity contribution in [3.8, 4) is 0 Å². The van der Waals surface area contributed by atoms with E-state index >= 15 is 0 Å². The molecule has 2 saturated carbocycles. The molecular weight excluding hydrogens is 298 g/mol. The first-order valence-electron chi connectivity index (χ1n) is 9.34. The number of hydrogen-bond donors (Lipinski definition) is 2. The number of allylic oxidation sites excluding steroid dienone is 1. The standard InChI is InChI=1S/C20H27N3O/c1-14(24)18-5-4-15(3-2-8-20(18)9-10-20)16-6-11-21-13-23-19-17(16)7-12-22-19/h6-7,12-13,15,18,22H,2-5,8-11H2,1H3,(H,21,23)/b16-6-. The molecule has 0 amide bonds. The summed E-state index contributed by atoms with van der Waals surface area (Å²) >= 11 is 0. The van der Waals surface area contributed by atoms with Crippen molar-refractivity contribution in [1.29, 1.82) is 0 Å². The van der Waals surface area contributed by atoms with E-state index in [0.29, 0.717) is 17.1 Å². The predicted octanol–water partition coefficient (Wildman–Crippen LogP) is 4.23. The Bertz CT molecular complexity index is 681.